The number of fused-ring (bicyclic) bond motifs is 2. The maximum Gasteiger partial charge on any atom is 0.169 e. The summed E-state index contributed by atoms with van der Waals surface area (Å²) in [6.07, 6.45) is 5.16. The second-order valence-corrected chi connectivity index (χ2v) is 12.8. The van der Waals surface area contributed by atoms with Crippen LogP contribution in [-0.4, -0.2) is 46.7 Å². The van der Waals surface area contributed by atoms with Crippen molar-refractivity contribution < 1.29 is 5.11 Å². The van der Waals surface area contributed by atoms with Gasteiger partial charge in [0.1, 0.15) is 5.75 Å². The molecule has 8 rings (SSSR count). The zero-order valence-electron chi connectivity index (χ0n) is 21.1. The summed E-state index contributed by atoms with van der Waals surface area (Å²) in [6.45, 7) is 4.34. The highest BCUT2D eigenvalue weighted by molar-refractivity contribution is 8.00. The van der Waals surface area contributed by atoms with Gasteiger partial charge in [-0.05, 0) is 104 Å². The summed E-state index contributed by atoms with van der Waals surface area (Å²) in [5.74, 6) is 4.23. The van der Waals surface area contributed by atoms with Crippen LogP contribution < -0.4 is 16.0 Å². The SMILES string of the molecule is Nc1nnc(-c2ccccc2O)cc1N1C[C@@H]2C[C@H]3C(c4cccc(SC5CCNCC5)c4)C2C[C@H]3C1. The fourth-order valence-corrected chi connectivity index (χ4v) is 8.97. The topological polar surface area (TPSA) is 87.3 Å². The number of para-hydroxylation sites is 1. The van der Waals surface area contributed by atoms with E-state index in [1.165, 1.54) is 30.6 Å². The van der Waals surface area contributed by atoms with Gasteiger partial charge in [0.2, 0.25) is 0 Å². The number of benzene rings is 2. The number of nitrogens with two attached hydrogens (primary N) is 1. The molecule has 0 spiro atoms. The highest BCUT2D eigenvalue weighted by Gasteiger charge is 2.56. The number of piperidine rings is 1. The third-order valence-electron chi connectivity index (χ3n) is 9.35. The van der Waals surface area contributed by atoms with Crippen LogP contribution >= 0.6 is 11.8 Å². The van der Waals surface area contributed by atoms with Crippen LogP contribution in [0.25, 0.3) is 11.3 Å². The Balaban J connectivity index is 1.11. The molecule has 3 aliphatic heterocycles. The van der Waals surface area contributed by atoms with Crippen LogP contribution in [-0.2, 0) is 0 Å². The molecular formula is C30H35N5OS. The lowest BCUT2D eigenvalue weighted by Crippen LogP contribution is -2.32. The monoisotopic (exact) mass is 513 g/mol. The van der Waals surface area contributed by atoms with Gasteiger partial charge in [-0.25, -0.2) is 0 Å². The zero-order chi connectivity index (χ0) is 24.9. The third kappa shape index (κ3) is 4.26. The van der Waals surface area contributed by atoms with Crippen molar-refractivity contribution in [1.82, 2.24) is 15.5 Å². The molecule has 5 atom stereocenters. The molecule has 2 aromatic carbocycles. The van der Waals surface area contributed by atoms with Crippen molar-refractivity contribution >= 4 is 23.3 Å². The van der Waals surface area contributed by atoms with E-state index in [1.807, 2.05) is 24.3 Å². The van der Waals surface area contributed by atoms with Gasteiger partial charge < -0.3 is 21.1 Å². The summed E-state index contributed by atoms with van der Waals surface area (Å²) in [5, 5.41) is 23.2. The minimum atomic E-state index is 0.216. The number of thioether (sulfide) groups is 1. The standard InChI is InChI=1S/C30H35N5OS/c31-30-27(15-26(33-34-30)23-6-1-2-7-28(23)36)35-16-19-13-24-20(17-35)14-25(19)29(24)18-4-3-5-22(12-18)37-21-8-10-32-11-9-21/h1-7,12,15,19-21,24-25,29,32,36H,8-11,13-14,16-17H2,(H2,31,34)/t19-,20-,24+,25?,29?/m0/s1. The Kier molecular flexibility index (Phi) is 6.01. The minimum Gasteiger partial charge on any atom is -0.507 e. The van der Waals surface area contributed by atoms with Crippen molar-refractivity contribution in [3.8, 4) is 17.0 Å². The van der Waals surface area contributed by atoms with E-state index >= 15 is 0 Å². The maximum atomic E-state index is 10.3. The van der Waals surface area contributed by atoms with Crippen molar-refractivity contribution in [3.05, 3.63) is 60.2 Å². The Morgan fingerprint density at radius 3 is 2.43 bits per heavy atom. The number of hydrogen-bond acceptors (Lipinski definition) is 7. The Labute approximate surface area is 223 Å². The first-order valence-electron chi connectivity index (χ1n) is 13.8. The van der Waals surface area contributed by atoms with Crippen molar-refractivity contribution in [2.24, 2.45) is 23.7 Å². The van der Waals surface area contributed by atoms with Crippen LogP contribution in [0.15, 0.2) is 59.5 Å². The predicted octanol–water partition coefficient (Wildman–Crippen LogP) is 5.15. The smallest absolute Gasteiger partial charge is 0.169 e. The number of nitrogen functional groups attached to an aromatic ring is 1. The Morgan fingerprint density at radius 2 is 1.68 bits per heavy atom. The van der Waals surface area contributed by atoms with E-state index in [0.717, 1.165) is 49.0 Å². The van der Waals surface area contributed by atoms with Gasteiger partial charge in [0, 0.05) is 28.8 Å². The van der Waals surface area contributed by atoms with E-state index in [-0.39, 0.29) is 5.75 Å². The fourth-order valence-electron chi connectivity index (χ4n) is 7.75. The van der Waals surface area contributed by atoms with Gasteiger partial charge in [0.25, 0.3) is 0 Å². The highest BCUT2D eigenvalue weighted by Crippen LogP contribution is 2.62. The normalized spacial score (nSPS) is 29.1. The number of rotatable bonds is 5. The summed E-state index contributed by atoms with van der Waals surface area (Å²) in [4.78, 5) is 3.91. The van der Waals surface area contributed by atoms with Crippen molar-refractivity contribution in [1.29, 1.82) is 0 Å². The molecule has 6 nitrogen and oxygen atoms in total. The van der Waals surface area contributed by atoms with E-state index in [2.05, 4.69) is 56.4 Å². The van der Waals surface area contributed by atoms with Crippen LogP contribution in [0.1, 0.15) is 37.2 Å². The highest BCUT2D eigenvalue weighted by atomic mass is 32.2. The molecule has 37 heavy (non-hydrogen) atoms. The molecule has 4 heterocycles. The first-order valence-corrected chi connectivity index (χ1v) is 14.7. The van der Waals surface area contributed by atoms with E-state index in [4.69, 9.17) is 5.73 Å². The molecule has 5 aliphatic rings. The molecule has 0 amide bonds. The number of hydrogen-bond donors (Lipinski definition) is 3. The maximum absolute atomic E-state index is 10.3. The average molecular weight is 514 g/mol. The Hall–Kier alpha value is -2.77. The molecule has 0 radical (unpaired) electrons. The number of aromatic hydroxyl groups is 1. The van der Waals surface area contributed by atoms with Gasteiger partial charge in [-0.3, -0.25) is 0 Å². The van der Waals surface area contributed by atoms with Gasteiger partial charge in [-0.2, -0.15) is 0 Å². The van der Waals surface area contributed by atoms with Crippen LogP contribution in [0.2, 0.25) is 0 Å². The van der Waals surface area contributed by atoms with Crippen molar-refractivity contribution in [2.75, 3.05) is 36.8 Å². The first-order chi connectivity index (χ1) is 18.1. The molecular weight excluding hydrogens is 478 g/mol. The van der Waals surface area contributed by atoms with E-state index < -0.39 is 0 Å². The lowest BCUT2D eigenvalue weighted by Gasteiger charge is -2.30. The molecule has 3 aromatic rings. The number of aromatic nitrogens is 2. The summed E-state index contributed by atoms with van der Waals surface area (Å²) in [6, 6.07) is 18.8. The molecule has 7 heteroatoms. The number of phenolic OH excluding ortho intramolecular Hbond substituents is 1. The van der Waals surface area contributed by atoms with Gasteiger partial charge in [-0.15, -0.1) is 22.0 Å². The Morgan fingerprint density at radius 1 is 0.919 bits per heavy atom. The van der Waals surface area contributed by atoms with E-state index in [1.54, 1.807) is 11.6 Å². The van der Waals surface area contributed by atoms with Gasteiger partial charge in [0.05, 0.1) is 11.4 Å². The fraction of sp³-hybridized carbons (Fsp3) is 0.467. The average Bonchev–Trinajstić information content (AvgIpc) is 3.30. The Bertz CT molecular complexity index is 1270. The first kappa shape index (κ1) is 23.4. The molecule has 2 aliphatic carbocycles. The molecule has 2 unspecified atom stereocenters. The summed E-state index contributed by atoms with van der Waals surface area (Å²) >= 11 is 2.09. The third-order valence-corrected chi connectivity index (χ3v) is 10.7. The molecule has 5 fully saturated rings. The largest absolute Gasteiger partial charge is 0.507 e. The summed E-state index contributed by atoms with van der Waals surface area (Å²) < 4.78 is 0. The van der Waals surface area contributed by atoms with Gasteiger partial charge >= 0.3 is 0 Å². The molecule has 2 saturated carbocycles. The molecule has 4 N–H and O–H groups in total. The summed E-state index contributed by atoms with van der Waals surface area (Å²) in [5.41, 5.74) is 10.3. The minimum absolute atomic E-state index is 0.216. The van der Waals surface area contributed by atoms with Crippen molar-refractivity contribution in [2.45, 2.75) is 41.7 Å². The number of phenols is 1. The van der Waals surface area contributed by atoms with Crippen LogP contribution in [0.4, 0.5) is 11.5 Å². The summed E-state index contributed by atoms with van der Waals surface area (Å²) in [7, 11) is 0. The van der Waals surface area contributed by atoms with Crippen LogP contribution in [0, 0.1) is 23.7 Å². The molecule has 1 aromatic heterocycles. The lowest BCUT2D eigenvalue weighted by molar-refractivity contribution is 0.306. The van der Waals surface area contributed by atoms with Crippen LogP contribution in [0.3, 0.4) is 0 Å². The van der Waals surface area contributed by atoms with Gasteiger partial charge in [-0.1, -0.05) is 24.3 Å². The van der Waals surface area contributed by atoms with Crippen LogP contribution in [0.5, 0.6) is 5.75 Å². The van der Waals surface area contributed by atoms with Gasteiger partial charge in [0.15, 0.2) is 5.82 Å². The quantitative estimate of drug-likeness (QED) is 0.435. The van der Waals surface area contributed by atoms with E-state index in [0.29, 0.717) is 34.8 Å². The number of anilines is 2. The predicted molar refractivity (Wildman–Crippen MR) is 150 cm³/mol. The van der Waals surface area contributed by atoms with E-state index in [9.17, 15) is 5.11 Å². The molecule has 3 saturated heterocycles. The number of nitrogens with zero attached hydrogens (tertiary/aromatic N) is 3. The molecule has 192 valence electrons. The lowest BCUT2D eigenvalue weighted by atomic mass is 9.84. The van der Waals surface area contributed by atoms with Crippen molar-refractivity contribution in [3.63, 3.8) is 0 Å². The molecule has 4 bridgehead atoms. The number of nitrogens with one attached hydrogen (secondary N) is 1. The zero-order valence-corrected chi connectivity index (χ0v) is 21.9. The second-order valence-electron chi connectivity index (χ2n) is 11.4. The second kappa shape index (κ2) is 9.52.